The summed E-state index contributed by atoms with van der Waals surface area (Å²) >= 11 is 5.96. The number of anilines is 1. The van der Waals surface area contributed by atoms with Gasteiger partial charge in [-0.2, -0.15) is 4.80 Å². The van der Waals surface area contributed by atoms with Gasteiger partial charge in [0.1, 0.15) is 22.5 Å². The summed E-state index contributed by atoms with van der Waals surface area (Å²) in [7, 11) is 0. The van der Waals surface area contributed by atoms with Crippen molar-refractivity contribution in [2.24, 2.45) is 0 Å². The Labute approximate surface area is 190 Å². The van der Waals surface area contributed by atoms with E-state index in [1.165, 1.54) is 0 Å². The van der Waals surface area contributed by atoms with Crippen LogP contribution in [0.25, 0.3) is 16.7 Å². The zero-order valence-electron chi connectivity index (χ0n) is 18.1. The zero-order chi connectivity index (χ0) is 22.7. The number of nitrogens with one attached hydrogen (secondary N) is 1. The third-order valence-corrected chi connectivity index (χ3v) is 5.11. The van der Waals surface area contributed by atoms with Crippen LogP contribution in [0.1, 0.15) is 18.1 Å². The number of ether oxygens (including phenoxy) is 2. The molecule has 0 atom stereocenters. The molecule has 3 aromatic carbocycles. The molecule has 32 heavy (non-hydrogen) atoms. The first-order valence-electron chi connectivity index (χ1n) is 10.2. The van der Waals surface area contributed by atoms with Crippen molar-refractivity contribution in [1.82, 2.24) is 15.0 Å². The largest absolute Gasteiger partial charge is 0.494 e. The Bertz CT molecular complexity index is 1270. The Hall–Kier alpha value is -3.58. The van der Waals surface area contributed by atoms with Gasteiger partial charge in [-0.3, -0.25) is 4.79 Å². The maximum atomic E-state index is 12.4. The van der Waals surface area contributed by atoms with E-state index < -0.39 is 0 Å². The van der Waals surface area contributed by atoms with Gasteiger partial charge in [-0.25, -0.2) is 0 Å². The Morgan fingerprint density at radius 1 is 0.969 bits per heavy atom. The van der Waals surface area contributed by atoms with Crippen molar-refractivity contribution in [1.29, 1.82) is 0 Å². The first kappa shape index (κ1) is 21.6. The molecule has 1 N–H and O–H groups in total. The average molecular weight is 451 g/mol. The van der Waals surface area contributed by atoms with Crippen molar-refractivity contribution in [2.75, 3.05) is 18.5 Å². The lowest BCUT2D eigenvalue weighted by molar-refractivity contribution is -0.118. The van der Waals surface area contributed by atoms with E-state index in [0.717, 1.165) is 28.1 Å². The standard InChI is InChI=1S/C24H23ClN4O3/c1-4-31-19-8-6-18(7-9-19)29-27-21-12-15(2)20(13-22(21)28-29)26-24(30)14-32-23-10-5-17(25)11-16(23)3/h5-13H,4,14H2,1-3H3,(H,26,30). The molecule has 0 aliphatic carbocycles. The van der Waals surface area contributed by atoms with Crippen molar-refractivity contribution in [2.45, 2.75) is 20.8 Å². The van der Waals surface area contributed by atoms with E-state index in [1.807, 2.05) is 57.2 Å². The normalized spacial score (nSPS) is 10.9. The second-order valence-electron chi connectivity index (χ2n) is 7.32. The molecule has 0 bridgehead atoms. The van der Waals surface area contributed by atoms with Crippen LogP contribution in [0.15, 0.2) is 54.6 Å². The summed E-state index contributed by atoms with van der Waals surface area (Å²) in [4.78, 5) is 14.0. The molecule has 0 unspecified atom stereocenters. The van der Waals surface area contributed by atoms with E-state index in [-0.39, 0.29) is 12.5 Å². The molecule has 0 aliphatic heterocycles. The molecule has 0 saturated carbocycles. The van der Waals surface area contributed by atoms with E-state index >= 15 is 0 Å². The highest BCUT2D eigenvalue weighted by Gasteiger charge is 2.12. The highest BCUT2D eigenvalue weighted by atomic mass is 35.5. The minimum Gasteiger partial charge on any atom is -0.494 e. The highest BCUT2D eigenvalue weighted by molar-refractivity contribution is 6.30. The van der Waals surface area contributed by atoms with Gasteiger partial charge in [-0.1, -0.05) is 11.6 Å². The lowest BCUT2D eigenvalue weighted by Crippen LogP contribution is -2.20. The van der Waals surface area contributed by atoms with Gasteiger partial charge < -0.3 is 14.8 Å². The van der Waals surface area contributed by atoms with Gasteiger partial charge in [0.25, 0.3) is 5.91 Å². The Balaban J connectivity index is 1.48. The summed E-state index contributed by atoms with van der Waals surface area (Å²) in [5.41, 5.74) is 4.65. The van der Waals surface area contributed by atoms with Crippen LogP contribution in [0.5, 0.6) is 11.5 Å². The molecule has 0 aliphatic rings. The predicted octanol–water partition coefficient (Wildman–Crippen LogP) is 5.11. The number of hydrogen-bond donors (Lipinski definition) is 1. The van der Waals surface area contributed by atoms with Crippen LogP contribution < -0.4 is 14.8 Å². The SMILES string of the molecule is CCOc1ccc(-n2nc3cc(C)c(NC(=O)COc4ccc(Cl)cc4C)cc3n2)cc1. The lowest BCUT2D eigenvalue weighted by Gasteiger charge is -2.11. The third kappa shape index (κ3) is 4.84. The second-order valence-corrected chi connectivity index (χ2v) is 7.76. The zero-order valence-corrected chi connectivity index (χ0v) is 18.8. The molecule has 0 spiro atoms. The fourth-order valence-electron chi connectivity index (χ4n) is 3.26. The van der Waals surface area contributed by atoms with Gasteiger partial charge in [0.2, 0.25) is 0 Å². The van der Waals surface area contributed by atoms with Crippen LogP contribution in [0.2, 0.25) is 5.02 Å². The molecule has 1 heterocycles. The smallest absolute Gasteiger partial charge is 0.262 e. The van der Waals surface area contributed by atoms with Gasteiger partial charge >= 0.3 is 0 Å². The summed E-state index contributed by atoms with van der Waals surface area (Å²) in [5, 5.41) is 12.6. The number of carbonyl (C=O) groups excluding carboxylic acids is 1. The van der Waals surface area contributed by atoms with Gasteiger partial charge in [-0.15, -0.1) is 10.2 Å². The number of amides is 1. The number of halogens is 1. The Kier molecular flexibility index (Phi) is 6.28. The molecule has 4 aromatic rings. The third-order valence-electron chi connectivity index (χ3n) is 4.87. The molecular formula is C24H23ClN4O3. The number of benzene rings is 3. The number of aryl methyl sites for hydroxylation is 2. The summed E-state index contributed by atoms with van der Waals surface area (Å²) in [5.74, 6) is 1.15. The van der Waals surface area contributed by atoms with Crippen LogP contribution in [0.4, 0.5) is 5.69 Å². The minimum atomic E-state index is -0.263. The van der Waals surface area contributed by atoms with Crippen LogP contribution in [-0.4, -0.2) is 34.1 Å². The molecule has 164 valence electrons. The van der Waals surface area contributed by atoms with E-state index in [0.29, 0.717) is 28.6 Å². The Morgan fingerprint density at radius 2 is 1.69 bits per heavy atom. The molecule has 4 rings (SSSR count). The lowest BCUT2D eigenvalue weighted by atomic mass is 10.1. The predicted molar refractivity (Wildman–Crippen MR) is 125 cm³/mol. The topological polar surface area (TPSA) is 78.3 Å². The number of carbonyl (C=O) groups is 1. The van der Waals surface area contributed by atoms with Crippen molar-refractivity contribution in [3.05, 3.63) is 70.7 Å². The van der Waals surface area contributed by atoms with Crippen LogP contribution in [0.3, 0.4) is 0 Å². The molecule has 7 nitrogen and oxygen atoms in total. The number of nitrogens with zero attached hydrogens (tertiary/aromatic N) is 3. The second kappa shape index (κ2) is 9.28. The monoisotopic (exact) mass is 450 g/mol. The van der Waals surface area contributed by atoms with E-state index in [4.69, 9.17) is 21.1 Å². The maximum absolute atomic E-state index is 12.4. The molecule has 0 saturated heterocycles. The first-order chi connectivity index (χ1) is 15.4. The van der Waals surface area contributed by atoms with Crippen molar-refractivity contribution >= 4 is 34.2 Å². The van der Waals surface area contributed by atoms with Crippen molar-refractivity contribution in [3.8, 4) is 17.2 Å². The summed E-state index contributed by atoms with van der Waals surface area (Å²) in [6.45, 7) is 6.24. The van der Waals surface area contributed by atoms with Crippen LogP contribution in [-0.2, 0) is 4.79 Å². The highest BCUT2D eigenvalue weighted by Crippen LogP contribution is 2.24. The number of hydrogen-bond acceptors (Lipinski definition) is 5. The fraction of sp³-hybridized carbons (Fsp3) is 0.208. The summed E-state index contributed by atoms with van der Waals surface area (Å²) in [6, 6.07) is 16.5. The summed E-state index contributed by atoms with van der Waals surface area (Å²) < 4.78 is 11.1. The fourth-order valence-corrected chi connectivity index (χ4v) is 3.49. The van der Waals surface area contributed by atoms with Crippen molar-refractivity contribution < 1.29 is 14.3 Å². The molecule has 1 aromatic heterocycles. The number of aromatic nitrogens is 3. The van der Waals surface area contributed by atoms with E-state index in [1.54, 1.807) is 23.0 Å². The van der Waals surface area contributed by atoms with E-state index in [9.17, 15) is 4.79 Å². The number of fused-ring (bicyclic) bond motifs is 1. The van der Waals surface area contributed by atoms with Crippen LogP contribution in [0, 0.1) is 13.8 Å². The van der Waals surface area contributed by atoms with Gasteiger partial charge in [0.15, 0.2) is 6.61 Å². The molecule has 0 radical (unpaired) electrons. The van der Waals surface area contributed by atoms with Gasteiger partial charge in [-0.05, 0) is 86.5 Å². The van der Waals surface area contributed by atoms with Crippen molar-refractivity contribution in [3.63, 3.8) is 0 Å². The van der Waals surface area contributed by atoms with Gasteiger partial charge in [0, 0.05) is 10.7 Å². The van der Waals surface area contributed by atoms with Crippen LogP contribution >= 0.6 is 11.6 Å². The molecule has 8 heteroatoms. The molecular weight excluding hydrogens is 428 g/mol. The first-order valence-corrected chi connectivity index (χ1v) is 10.6. The Morgan fingerprint density at radius 3 is 2.38 bits per heavy atom. The number of rotatable bonds is 7. The maximum Gasteiger partial charge on any atom is 0.262 e. The quantitative estimate of drug-likeness (QED) is 0.423. The average Bonchev–Trinajstić information content (AvgIpc) is 3.17. The molecule has 1 amide bonds. The molecule has 0 fully saturated rings. The van der Waals surface area contributed by atoms with Gasteiger partial charge in [0.05, 0.1) is 12.3 Å². The minimum absolute atomic E-state index is 0.112. The summed E-state index contributed by atoms with van der Waals surface area (Å²) in [6.07, 6.45) is 0. The van der Waals surface area contributed by atoms with E-state index in [2.05, 4.69) is 15.5 Å².